The summed E-state index contributed by atoms with van der Waals surface area (Å²) in [5, 5.41) is 0. The molecule has 100 valence electrons. The topological polar surface area (TPSA) is 47.1 Å². The fourth-order valence-electron chi connectivity index (χ4n) is 1.88. The molecule has 2 aromatic rings. The predicted octanol–water partition coefficient (Wildman–Crippen LogP) is 1.83. The number of anilines is 1. The second-order valence-corrected chi connectivity index (χ2v) is 4.78. The van der Waals surface area contributed by atoms with Crippen LogP contribution in [0.25, 0.3) is 0 Å². The zero-order valence-corrected chi connectivity index (χ0v) is 11.6. The van der Waals surface area contributed by atoms with Crippen LogP contribution in [0.3, 0.4) is 0 Å². The van der Waals surface area contributed by atoms with Crippen LogP contribution in [-0.2, 0) is 13.6 Å². The fraction of sp³-hybridized carbons (Fsp3) is 0.231. The minimum atomic E-state index is -0.350. The summed E-state index contributed by atoms with van der Waals surface area (Å²) in [6.07, 6.45) is 3.62. The molecule has 0 saturated heterocycles. The van der Waals surface area contributed by atoms with Gasteiger partial charge in [-0.3, -0.25) is 0 Å². The van der Waals surface area contributed by atoms with Gasteiger partial charge in [0.2, 0.25) is 0 Å². The first-order valence-electron chi connectivity index (χ1n) is 5.75. The van der Waals surface area contributed by atoms with Crippen molar-refractivity contribution in [3.8, 4) is 0 Å². The smallest absolute Gasteiger partial charge is 0.127 e. The third-order valence-electron chi connectivity index (χ3n) is 2.93. The summed E-state index contributed by atoms with van der Waals surface area (Å²) < 4.78 is 15.2. The van der Waals surface area contributed by atoms with Crippen molar-refractivity contribution in [1.29, 1.82) is 0 Å². The highest BCUT2D eigenvalue weighted by Crippen LogP contribution is 2.22. The van der Waals surface area contributed by atoms with E-state index < -0.39 is 0 Å². The van der Waals surface area contributed by atoms with E-state index in [0.717, 1.165) is 11.5 Å². The molecule has 0 spiro atoms. The molecule has 1 aromatic carbocycles. The molecule has 0 saturated carbocycles. The van der Waals surface area contributed by atoms with Gasteiger partial charge in [-0.15, -0.1) is 0 Å². The molecule has 0 aliphatic heterocycles. The summed E-state index contributed by atoms with van der Waals surface area (Å²) in [5.41, 5.74) is 6.96. The van der Waals surface area contributed by atoms with Gasteiger partial charge in [0, 0.05) is 37.7 Å². The van der Waals surface area contributed by atoms with Gasteiger partial charge in [0.1, 0.15) is 16.6 Å². The second kappa shape index (κ2) is 5.36. The Labute approximate surface area is 116 Å². The summed E-state index contributed by atoms with van der Waals surface area (Å²) in [6.45, 7) is 0.588. The summed E-state index contributed by atoms with van der Waals surface area (Å²) >= 11 is 4.97. The lowest BCUT2D eigenvalue weighted by atomic mass is 10.1. The molecule has 6 heteroatoms. The molecule has 0 aliphatic rings. The normalized spacial score (nSPS) is 10.5. The van der Waals surface area contributed by atoms with E-state index >= 15 is 0 Å². The molecular weight excluding hydrogens is 263 g/mol. The maximum absolute atomic E-state index is 13.3. The first-order chi connectivity index (χ1) is 8.99. The van der Waals surface area contributed by atoms with E-state index in [9.17, 15) is 4.39 Å². The molecule has 0 aliphatic carbocycles. The van der Waals surface area contributed by atoms with Crippen molar-refractivity contribution in [2.45, 2.75) is 6.54 Å². The number of imidazole rings is 1. The van der Waals surface area contributed by atoms with Gasteiger partial charge in [-0.1, -0.05) is 12.2 Å². The van der Waals surface area contributed by atoms with Crippen LogP contribution >= 0.6 is 12.2 Å². The molecule has 4 nitrogen and oxygen atoms in total. The molecule has 1 heterocycles. The number of hydrogen-bond donors (Lipinski definition) is 1. The first-order valence-corrected chi connectivity index (χ1v) is 6.16. The van der Waals surface area contributed by atoms with Crippen molar-refractivity contribution >= 4 is 22.9 Å². The minimum Gasteiger partial charge on any atom is -0.389 e. The molecule has 0 atom stereocenters. The van der Waals surface area contributed by atoms with Gasteiger partial charge < -0.3 is 15.2 Å². The quantitative estimate of drug-likeness (QED) is 0.867. The van der Waals surface area contributed by atoms with Crippen LogP contribution in [0.2, 0.25) is 0 Å². The Morgan fingerprint density at radius 3 is 2.84 bits per heavy atom. The Kier molecular flexibility index (Phi) is 3.80. The SMILES string of the molecule is CN(Cc1nccn1C)c1ccc(F)cc1C(N)=S. The van der Waals surface area contributed by atoms with Gasteiger partial charge >= 0.3 is 0 Å². The summed E-state index contributed by atoms with van der Waals surface area (Å²) in [4.78, 5) is 6.38. The monoisotopic (exact) mass is 278 g/mol. The third-order valence-corrected chi connectivity index (χ3v) is 3.15. The van der Waals surface area contributed by atoms with Gasteiger partial charge in [-0.25, -0.2) is 9.37 Å². The predicted molar refractivity (Wildman–Crippen MR) is 77.6 cm³/mol. The van der Waals surface area contributed by atoms with E-state index in [2.05, 4.69) is 4.98 Å². The number of benzene rings is 1. The van der Waals surface area contributed by atoms with E-state index in [1.807, 2.05) is 29.8 Å². The van der Waals surface area contributed by atoms with Crippen molar-refractivity contribution < 1.29 is 4.39 Å². The van der Waals surface area contributed by atoms with Crippen molar-refractivity contribution in [1.82, 2.24) is 9.55 Å². The number of aromatic nitrogens is 2. The summed E-state index contributed by atoms with van der Waals surface area (Å²) in [5.74, 6) is 0.553. The van der Waals surface area contributed by atoms with Gasteiger partial charge in [0.15, 0.2) is 0 Å². The maximum Gasteiger partial charge on any atom is 0.127 e. The summed E-state index contributed by atoms with van der Waals surface area (Å²) in [6, 6.07) is 4.42. The number of nitrogens with two attached hydrogens (primary N) is 1. The van der Waals surface area contributed by atoms with Gasteiger partial charge in [-0.2, -0.15) is 0 Å². The molecule has 0 fully saturated rings. The number of thiocarbonyl (C=S) groups is 1. The number of nitrogens with zero attached hydrogens (tertiary/aromatic N) is 3. The second-order valence-electron chi connectivity index (χ2n) is 4.34. The molecule has 2 N–H and O–H groups in total. The molecule has 0 amide bonds. The van der Waals surface area contributed by atoms with Crippen LogP contribution in [0.5, 0.6) is 0 Å². The van der Waals surface area contributed by atoms with E-state index in [0.29, 0.717) is 12.1 Å². The Hall–Kier alpha value is -1.95. The van der Waals surface area contributed by atoms with Crippen LogP contribution in [0.1, 0.15) is 11.4 Å². The number of rotatable bonds is 4. The van der Waals surface area contributed by atoms with Gasteiger partial charge in [-0.05, 0) is 18.2 Å². The highest BCUT2D eigenvalue weighted by atomic mass is 32.1. The molecular formula is C13H15FN4S. The molecule has 2 rings (SSSR count). The highest BCUT2D eigenvalue weighted by molar-refractivity contribution is 7.80. The lowest BCUT2D eigenvalue weighted by Crippen LogP contribution is -2.23. The van der Waals surface area contributed by atoms with Crippen LogP contribution < -0.4 is 10.6 Å². The van der Waals surface area contributed by atoms with E-state index in [1.165, 1.54) is 12.1 Å². The Morgan fingerprint density at radius 2 is 2.26 bits per heavy atom. The van der Waals surface area contributed by atoms with Crippen LogP contribution in [0.4, 0.5) is 10.1 Å². The highest BCUT2D eigenvalue weighted by Gasteiger charge is 2.12. The van der Waals surface area contributed by atoms with Gasteiger partial charge in [0.05, 0.1) is 6.54 Å². The zero-order valence-electron chi connectivity index (χ0n) is 10.8. The van der Waals surface area contributed by atoms with Crippen molar-refractivity contribution in [3.05, 3.63) is 47.8 Å². The number of aryl methyl sites for hydroxylation is 1. The molecule has 0 bridgehead atoms. The Bertz CT molecular complexity index is 608. The Morgan fingerprint density at radius 1 is 1.53 bits per heavy atom. The molecule has 1 aromatic heterocycles. The zero-order chi connectivity index (χ0) is 14.0. The summed E-state index contributed by atoms with van der Waals surface area (Å²) in [7, 11) is 3.82. The van der Waals surface area contributed by atoms with Crippen LogP contribution in [0, 0.1) is 5.82 Å². The van der Waals surface area contributed by atoms with E-state index in [1.54, 1.807) is 12.3 Å². The van der Waals surface area contributed by atoms with Crippen LogP contribution in [0.15, 0.2) is 30.6 Å². The third kappa shape index (κ3) is 2.90. The standard InChI is InChI=1S/C13H15FN4S/c1-17-6-5-16-12(17)8-18(2)11-4-3-9(14)7-10(11)13(15)19/h3-7H,8H2,1-2H3,(H2,15,19). The first kappa shape index (κ1) is 13.5. The van der Waals surface area contributed by atoms with E-state index in [4.69, 9.17) is 18.0 Å². The molecule has 19 heavy (non-hydrogen) atoms. The average molecular weight is 278 g/mol. The molecule has 0 radical (unpaired) electrons. The number of hydrogen-bond acceptors (Lipinski definition) is 3. The van der Waals surface area contributed by atoms with Crippen LogP contribution in [-0.4, -0.2) is 21.6 Å². The maximum atomic E-state index is 13.3. The minimum absolute atomic E-state index is 0.182. The lowest BCUT2D eigenvalue weighted by Gasteiger charge is -2.21. The average Bonchev–Trinajstić information content (AvgIpc) is 2.74. The Balaban J connectivity index is 2.31. The van der Waals surface area contributed by atoms with E-state index in [-0.39, 0.29) is 10.8 Å². The van der Waals surface area contributed by atoms with Crippen molar-refractivity contribution in [3.63, 3.8) is 0 Å². The van der Waals surface area contributed by atoms with Crippen molar-refractivity contribution in [2.75, 3.05) is 11.9 Å². The number of halogens is 1. The van der Waals surface area contributed by atoms with Crippen molar-refractivity contribution in [2.24, 2.45) is 12.8 Å². The largest absolute Gasteiger partial charge is 0.389 e. The molecule has 0 unspecified atom stereocenters. The lowest BCUT2D eigenvalue weighted by molar-refractivity contribution is 0.627. The fourth-order valence-corrected chi connectivity index (χ4v) is 2.05. The van der Waals surface area contributed by atoms with Gasteiger partial charge in [0.25, 0.3) is 0 Å².